The third-order valence-corrected chi connectivity index (χ3v) is 4.30. The van der Waals surface area contributed by atoms with Gasteiger partial charge in [-0.05, 0) is 13.3 Å². The fraction of sp³-hybridized carbons (Fsp3) is 0.312. The van der Waals surface area contributed by atoms with Gasteiger partial charge in [-0.15, -0.1) is 0 Å². The van der Waals surface area contributed by atoms with Crippen molar-refractivity contribution in [2.75, 3.05) is 5.73 Å². The second-order valence-corrected chi connectivity index (χ2v) is 5.93. The summed E-state index contributed by atoms with van der Waals surface area (Å²) in [6, 6.07) is 0. The molecule has 3 aromatic rings. The van der Waals surface area contributed by atoms with E-state index in [0.717, 1.165) is 16.7 Å². The molecule has 1 aliphatic heterocycles. The summed E-state index contributed by atoms with van der Waals surface area (Å²) in [4.78, 5) is 24.5. The summed E-state index contributed by atoms with van der Waals surface area (Å²) >= 11 is 0. The zero-order valence-corrected chi connectivity index (χ0v) is 13.4. The normalized spacial score (nSPS) is 16.5. The number of nitrogens with two attached hydrogens (primary N) is 1. The number of aromatic amines is 1. The zero-order chi connectivity index (χ0) is 17.6. The van der Waals surface area contributed by atoms with Crippen molar-refractivity contribution < 1.29 is 8.78 Å². The van der Waals surface area contributed by atoms with Crippen molar-refractivity contribution in [1.29, 1.82) is 0 Å². The highest BCUT2D eigenvalue weighted by Crippen LogP contribution is 2.37. The predicted molar refractivity (Wildman–Crippen MR) is 90.1 cm³/mol. The standard InChI is InChI=1S/C16H15F2N7/c1-7-8(2-3-12(17)18)13-15(23-7)21-6-11(24-13)9-4-20-14-10(9)5-22-16(19)25-14/h4-6,8,12H,2-3H2,1H3,(H3,19,20,22,25). The minimum Gasteiger partial charge on any atom is -0.368 e. The van der Waals surface area contributed by atoms with Crippen LogP contribution in [0.3, 0.4) is 0 Å². The summed E-state index contributed by atoms with van der Waals surface area (Å²) < 4.78 is 25.2. The van der Waals surface area contributed by atoms with Crippen molar-refractivity contribution in [3.05, 3.63) is 24.3 Å². The molecular weight excluding hydrogens is 328 g/mol. The average molecular weight is 343 g/mol. The van der Waals surface area contributed by atoms with Crippen LogP contribution in [0.25, 0.3) is 22.3 Å². The first kappa shape index (κ1) is 15.6. The van der Waals surface area contributed by atoms with E-state index in [2.05, 4.69) is 29.9 Å². The highest BCUT2D eigenvalue weighted by Gasteiger charge is 2.28. The van der Waals surface area contributed by atoms with E-state index in [0.29, 0.717) is 29.3 Å². The Kier molecular flexibility index (Phi) is 3.63. The van der Waals surface area contributed by atoms with Crippen LogP contribution in [0, 0.1) is 0 Å². The molecule has 7 nitrogen and oxygen atoms in total. The maximum atomic E-state index is 12.6. The first-order valence-corrected chi connectivity index (χ1v) is 7.83. The molecule has 1 atom stereocenters. The Bertz CT molecular complexity index is 980. The highest BCUT2D eigenvalue weighted by molar-refractivity contribution is 5.96. The quantitative estimate of drug-likeness (QED) is 0.756. The number of halogens is 2. The van der Waals surface area contributed by atoms with Crippen LogP contribution in [0.15, 0.2) is 23.6 Å². The molecule has 4 heterocycles. The van der Waals surface area contributed by atoms with Crippen LogP contribution in [0.2, 0.25) is 0 Å². The molecule has 1 unspecified atom stereocenters. The minimum absolute atomic E-state index is 0.178. The molecule has 3 aromatic heterocycles. The van der Waals surface area contributed by atoms with Crippen molar-refractivity contribution in [2.24, 2.45) is 4.99 Å². The summed E-state index contributed by atoms with van der Waals surface area (Å²) in [5.41, 5.74) is 9.00. The van der Waals surface area contributed by atoms with E-state index in [1.54, 1.807) is 18.6 Å². The molecular formula is C16H15F2N7. The van der Waals surface area contributed by atoms with E-state index < -0.39 is 6.43 Å². The predicted octanol–water partition coefficient (Wildman–Crippen LogP) is 3.23. The third-order valence-electron chi connectivity index (χ3n) is 4.30. The van der Waals surface area contributed by atoms with Crippen LogP contribution in [0.4, 0.5) is 20.5 Å². The number of aliphatic imine (C=N–C) groups is 1. The van der Waals surface area contributed by atoms with Gasteiger partial charge in [-0.3, -0.25) is 0 Å². The van der Waals surface area contributed by atoms with Crippen molar-refractivity contribution in [1.82, 2.24) is 24.9 Å². The van der Waals surface area contributed by atoms with Crippen molar-refractivity contribution in [2.45, 2.75) is 32.1 Å². The van der Waals surface area contributed by atoms with Crippen molar-refractivity contribution in [3.63, 3.8) is 0 Å². The number of nitrogens with zero attached hydrogens (tertiary/aromatic N) is 5. The average Bonchev–Trinajstić information content (AvgIpc) is 3.12. The molecule has 1 aliphatic rings. The molecule has 0 bridgehead atoms. The first-order valence-electron chi connectivity index (χ1n) is 7.83. The number of H-pyrrole nitrogens is 1. The van der Waals surface area contributed by atoms with E-state index in [1.165, 1.54) is 0 Å². The Balaban J connectivity index is 1.74. The maximum absolute atomic E-state index is 12.6. The van der Waals surface area contributed by atoms with Gasteiger partial charge in [-0.1, -0.05) is 0 Å². The van der Waals surface area contributed by atoms with E-state index >= 15 is 0 Å². The Morgan fingerprint density at radius 2 is 2.08 bits per heavy atom. The van der Waals surface area contributed by atoms with Crippen LogP contribution < -0.4 is 5.73 Å². The third kappa shape index (κ3) is 2.71. The van der Waals surface area contributed by atoms with Gasteiger partial charge in [0.2, 0.25) is 12.4 Å². The van der Waals surface area contributed by atoms with E-state index in [4.69, 9.17) is 5.73 Å². The molecule has 128 valence electrons. The molecule has 0 saturated heterocycles. The Hall–Kier alpha value is -2.97. The molecule has 4 rings (SSSR count). The Morgan fingerprint density at radius 1 is 1.24 bits per heavy atom. The summed E-state index contributed by atoms with van der Waals surface area (Å²) in [5.74, 6) is 0.450. The molecule has 0 radical (unpaired) electrons. The molecule has 0 aliphatic carbocycles. The summed E-state index contributed by atoms with van der Waals surface area (Å²) in [6.45, 7) is 1.82. The number of aromatic nitrogens is 5. The lowest BCUT2D eigenvalue weighted by atomic mass is 9.96. The summed E-state index contributed by atoms with van der Waals surface area (Å²) in [7, 11) is 0. The molecule has 3 N–H and O–H groups in total. The Labute approximate surface area is 141 Å². The van der Waals surface area contributed by atoms with Crippen LogP contribution in [-0.4, -0.2) is 37.1 Å². The molecule has 0 saturated carbocycles. The van der Waals surface area contributed by atoms with Gasteiger partial charge in [-0.25, -0.2) is 28.7 Å². The molecule has 0 amide bonds. The number of nitrogens with one attached hydrogen (secondary N) is 1. The molecule has 0 fully saturated rings. The lowest BCUT2D eigenvalue weighted by Gasteiger charge is -2.11. The molecule has 25 heavy (non-hydrogen) atoms. The van der Waals surface area contributed by atoms with Crippen LogP contribution in [0.1, 0.15) is 31.4 Å². The lowest BCUT2D eigenvalue weighted by molar-refractivity contribution is 0.134. The fourth-order valence-electron chi connectivity index (χ4n) is 3.06. The van der Waals surface area contributed by atoms with Gasteiger partial charge in [0.1, 0.15) is 5.65 Å². The van der Waals surface area contributed by atoms with Crippen molar-refractivity contribution in [3.8, 4) is 11.3 Å². The van der Waals surface area contributed by atoms with E-state index in [-0.39, 0.29) is 18.3 Å². The summed E-state index contributed by atoms with van der Waals surface area (Å²) in [6.07, 6.45) is 2.75. The zero-order valence-electron chi connectivity index (χ0n) is 13.4. The van der Waals surface area contributed by atoms with Gasteiger partial charge >= 0.3 is 0 Å². The van der Waals surface area contributed by atoms with Gasteiger partial charge in [0, 0.05) is 41.4 Å². The van der Waals surface area contributed by atoms with Gasteiger partial charge < -0.3 is 10.7 Å². The monoisotopic (exact) mass is 343 g/mol. The second kappa shape index (κ2) is 5.83. The van der Waals surface area contributed by atoms with Gasteiger partial charge in [0.25, 0.3) is 0 Å². The van der Waals surface area contributed by atoms with Crippen molar-refractivity contribution >= 4 is 28.5 Å². The number of rotatable bonds is 4. The van der Waals surface area contributed by atoms with Gasteiger partial charge in [-0.2, -0.15) is 4.98 Å². The maximum Gasteiger partial charge on any atom is 0.238 e. The largest absolute Gasteiger partial charge is 0.368 e. The lowest BCUT2D eigenvalue weighted by Crippen LogP contribution is -2.08. The number of hydrogen-bond donors (Lipinski definition) is 2. The second-order valence-electron chi connectivity index (χ2n) is 5.93. The van der Waals surface area contributed by atoms with Crippen LogP contribution in [-0.2, 0) is 0 Å². The SMILES string of the molecule is CC1=Nc2ncc(-c3c[nH]c4nc(N)ncc34)nc2C1CCC(F)F. The minimum atomic E-state index is -2.34. The number of fused-ring (bicyclic) bond motifs is 2. The summed E-state index contributed by atoms with van der Waals surface area (Å²) in [5, 5.41) is 0.767. The molecule has 9 heteroatoms. The highest BCUT2D eigenvalue weighted by atomic mass is 19.3. The van der Waals surface area contributed by atoms with Gasteiger partial charge in [0.05, 0.1) is 17.6 Å². The first-order chi connectivity index (χ1) is 12.0. The fourth-order valence-corrected chi connectivity index (χ4v) is 3.06. The van der Waals surface area contributed by atoms with Crippen LogP contribution in [0.5, 0.6) is 0 Å². The smallest absolute Gasteiger partial charge is 0.238 e. The number of alkyl halides is 2. The van der Waals surface area contributed by atoms with E-state index in [9.17, 15) is 8.78 Å². The van der Waals surface area contributed by atoms with Gasteiger partial charge in [0.15, 0.2) is 5.82 Å². The molecule has 0 spiro atoms. The number of nitrogen functional groups attached to an aromatic ring is 1. The number of anilines is 1. The molecule has 0 aromatic carbocycles. The van der Waals surface area contributed by atoms with Crippen LogP contribution >= 0.6 is 0 Å². The Morgan fingerprint density at radius 3 is 2.88 bits per heavy atom. The topological polar surface area (TPSA) is 106 Å². The number of hydrogen-bond acceptors (Lipinski definition) is 6. The van der Waals surface area contributed by atoms with E-state index in [1.807, 2.05) is 6.92 Å².